The molecular weight excluding hydrogens is 508 g/mol. The van der Waals surface area contributed by atoms with E-state index in [1.165, 1.54) is 0 Å². The first-order valence-electron chi connectivity index (χ1n) is 13.4. The quantitative estimate of drug-likeness (QED) is 0.496. The van der Waals surface area contributed by atoms with Gasteiger partial charge in [0.25, 0.3) is 0 Å². The lowest BCUT2D eigenvalue weighted by Gasteiger charge is -2.47. The lowest BCUT2D eigenvalue weighted by molar-refractivity contribution is -0.144. The summed E-state index contributed by atoms with van der Waals surface area (Å²) in [7, 11) is 1.60. The van der Waals surface area contributed by atoms with Gasteiger partial charge in [-0.25, -0.2) is 0 Å². The molecule has 0 bridgehead atoms. The molecule has 3 atom stereocenters. The summed E-state index contributed by atoms with van der Waals surface area (Å²) >= 11 is 0. The number of fused-ring (bicyclic) bond motifs is 2. The molecule has 8 nitrogen and oxygen atoms in total. The minimum Gasteiger partial charge on any atom is -0.497 e. The molecule has 40 heavy (non-hydrogen) atoms. The van der Waals surface area contributed by atoms with E-state index in [9.17, 15) is 14.4 Å². The Bertz CT molecular complexity index is 1550. The highest BCUT2D eigenvalue weighted by Crippen LogP contribution is 2.54. The first-order chi connectivity index (χ1) is 19.5. The Kier molecular flexibility index (Phi) is 5.66. The molecule has 202 valence electrons. The minimum absolute atomic E-state index is 0.0360. The van der Waals surface area contributed by atoms with Crippen LogP contribution in [0.5, 0.6) is 17.2 Å². The zero-order chi connectivity index (χ0) is 27.4. The SMILES string of the molecule is COc1ccc(CC(=O)N2Cc3cc4c(cc3C35C=CC(=O)C[C@@H]3N(Cc3ccccc3)C(=O)[C@@H]25)OCO4)cc1. The largest absolute Gasteiger partial charge is 0.497 e. The van der Waals surface area contributed by atoms with Gasteiger partial charge < -0.3 is 24.0 Å². The number of nitrogens with zero attached hydrogens (tertiary/aromatic N) is 2. The number of rotatable bonds is 5. The Hall–Kier alpha value is -4.59. The Balaban J connectivity index is 1.36. The predicted molar refractivity (Wildman–Crippen MR) is 145 cm³/mol. The lowest BCUT2D eigenvalue weighted by Crippen LogP contribution is -2.59. The first-order valence-corrected chi connectivity index (χ1v) is 13.4. The standard InChI is InChI=1S/C32H28N2O6/c1-38-24-9-7-20(8-10-24)13-29(36)34-18-22-14-26-27(40-19-39-26)16-25(22)32-12-11-23(35)15-28(32)33(31(37)30(32)34)17-21-5-3-2-4-6-21/h2-12,14,16,28,30H,13,15,17-19H2,1H3/t28-,30+,32?/m0/s1. The maximum Gasteiger partial charge on any atom is 0.247 e. The Labute approximate surface area is 231 Å². The minimum atomic E-state index is -0.899. The summed E-state index contributed by atoms with van der Waals surface area (Å²) in [6.07, 6.45) is 3.76. The highest BCUT2D eigenvalue weighted by atomic mass is 16.7. The molecule has 1 fully saturated rings. The molecule has 3 aromatic carbocycles. The van der Waals surface area contributed by atoms with Crippen LogP contribution in [-0.2, 0) is 39.3 Å². The molecule has 3 aliphatic heterocycles. The number of hydrogen-bond donors (Lipinski definition) is 0. The Morgan fingerprint density at radius 3 is 2.50 bits per heavy atom. The van der Waals surface area contributed by atoms with Crippen LogP contribution in [0, 0.1) is 0 Å². The van der Waals surface area contributed by atoms with Crippen LogP contribution in [0.1, 0.15) is 28.7 Å². The summed E-state index contributed by atoms with van der Waals surface area (Å²) < 4.78 is 16.7. The number of ketones is 1. The Morgan fingerprint density at radius 2 is 1.75 bits per heavy atom. The number of carbonyl (C=O) groups is 3. The summed E-state index contributed by atoms with van der Waals surface area (Å²) in [5, 5.41) is 0. The molecule has 7 rings (SSSR count). The number of likely N-dealkylation sites (tertiary alicyclic amines) is 1. The molecule has 8 heteroatoms. The number of amides is 2. The molecule has 4 aliphatic rings. The third kappa shape index (κ3) is 3.70. The van der Waals surface area contributed by atoms with Gasteiger partial charge in [-0.2, -0.15) is 0 Å². The molecule has 1 unspecified atom stereocenters. The number of carbonyl (C=O) groups excluding carboxylic acids is 3. The van der Waals surface area contributed by atoms with Gasteiger partial charge in [0.05, 0.1) is 25.0 Å². The van der Waals surface area contributed by atoms with Crippen molar-refractivity contribution in [3.8, 4) is 17.2 Å². The van der Waals surface area contributed by atoms with Crippen molar-refractivity contribution in [2.24, 2.45) is 0 Å². The highest BCUT2D eigenvalue weighted by Gasteiger charge is 2.65. The zero-order valence-electron chi connectivity index (χ0n) is 22.0. The van der Waals surface area contributed by atoms with Crippen LogP contribution >= 0.6 is 0 Å². The number of allylic oxidation sites excluding steroid dienone is 1. The van der Waals surface area contributed by atoms with Crippen molar-refractivity contribution in [1.82, 2.24) is 9.80 Å². The fourth-order valence-corrected chi connectivity index (χ4v) is 6.75. The molecule has 3 heterocycles. The highest BCUT2D eigenvalue weighted by molar-refractivity contribution is 5.99. The van der Waals surface area contributed by atoms with Gasteiger partial charge >= 0.3 is 0 Å². The van der Waals surface area contributed by atoms with Crippen LogP contribution in [0.25, 0.3) is 0 Å². The van der Waals surface area contributed by atoms with Crippen molar-refractivity contribution in [1.29, 1.82) is 0 Å². The van der Waals surface area contributed by atoms with E-state index in [1.54, 1.807) is 23.0 Å². The molecule has 0 radical (unpaired) electrons. The maximum absolute atomic E-state index is 14.4. The summed E-state index contributed by atoms with van der Waals surface area (Å²) in [6, 6.07) is 19.8. The molecule has 1 saturated heterocycles. The molecule has 2 amide bonds. The first kappa shape index (κ1) is 24.5. The smallest absolute Gasteiger partial charge is 0.247 e. The topological polar surface area (TPSA) is 85.4 Å². The van der Waals surface area contributed by atoms with Crippen molar-refractivity contribution in [2.75, 3.05) is 13.9 Å². The van der Waals surface area contributed by atoms with E-state index in [-0.39, 0.29) is 43.8 Å². The van der Waals surface area contributed by atoms with Crippen LogP contribution in [0.4, 0.5) is 0 Å². The van der Waals surface area contributed by atoms with Crippen molar-refractivity contribution < 1.29 is 28.6 Å². The second kappa shape index (κ2) is 9.26. The van der Waals surface area contributed by atoms with E-state index < -0.39 is 17.5 Å². The predicted octanol–water partition coefficient (Wildman–Crippen LogP) is 3.56. The average Bonchev–Trinajstić information content (AvgIpc) is 3.53. The monoisotopic (exact) mass is 536 g/mol. The fraction of sp³-hybridized carbons (Fsp3) is 0.281. The van der Waals surface area contributed by atoms with E-state index in [0.717, 1.165) is 22.3 Å². The fourth-order valence-electron chi connectivity index (χ4n) is 6.75. The summed E-state index contributed by atoms with van der Waals surface area (Å²) in [5.41, 5.74) is 2.70. The van der Waals surface area contributed by atoms with Crippen molar-refractivity contribution in [3.05, 3.63) is 101 Å². The number of hydrogen-bond acceptors (Lipinski definition) is 6. The molecule has 1 aliphatic carbocycles. The molecule has 0 aromatic heterocycles. The van der Waals surface area contributed by atoms with Gasteiger partial charge in [-0.1, -0.05) is 48.5 Å². The zero-order valence-corrected chi connectivity index (χ0v) is 22.0. The van der Waals surface area contributed by atoms with Crippen molar-refractivity contribution in [3.63, 3.8) is 0 Å². The van der Waals surface area contributed by atoms with Gasteiger partial charge in [0.2, 0.25) is 18.6 Å². The third-order valence-electron chi connectivity index (χ3n) is 8.58. The van der Waals surface area contributed by atoms with E-state index in [1.807, 2.05) is 72.8 Å². The van der Waals surface area contributed by atoms with Gasteiger partial charge in [-0.05, 0) is 52.6 Å². The summed E-state index contributed by atoms with van der Waals surface area (Å²) in [6.45, 7) is 0.725. The maximum atomic E-state index is 14.4. The lowest BCUT2D eigenvalue weighted by atomic mass is 9.63. The second-order valence-electron chi connectivity index (χ2n) is 10.7. The molecule has 3 aromatic rings. The Morgan fingerprint density at radius 1 is 1.00 bits per heavy atom. The van der Waals surface area contributed by atoms with Gasteiger partial charge in [-0.3, -0.25) is 14.4 Å². The van der Waals surface area contributed by atoms with Crippen LogP contribution in [0.3, 0.4) is 0 Å². The van der Waals surface area contributed by atoms with Crippen LogP contribution in [0.2, 0.25) is 0 Å². The van der Waals surface area contributed by atoms with E-state index in [2.05, 4.69) is 0 Å². The van der Waals surface area contributed by atoms with Crippen LogP contribution < -0.4 is 14.2 Å². The van der Waals surface area contributed by atoms with Crippen LogP contribution in [0.15, 0.2) is 78.9 Å². The van der Waals surface area contributed by atoms with E-state index >= 15 is 0 Å². The summed E-state index contributed by atoms with van der Waals surface area (Å²) in [5.74, 6) is 1.60. The third-order valence-corrected chi connectivity index (χ3v) is 8.58. The van der Waals surface area contributed by atoms with Gasteiger partial charge in [0.15, 0.2) is 17.3 Å². The molecular formula is C32H28N2O6. The van der Waals surface area contributed by atoms with E-state index in [4.69, 9.17) is 14.2 Å². The molecule has 0 saturated carbocycles. The second-order valence-corrected chi connectivity index (χ2v) is 10.7. The average molecular weight is 537 g/mol. The number of ether oxygens (including phenoxy) is 3. The van der Waals surface area contributed by atoms with Gasteiger partial charge in [-0.15, -0.1) is 0 Å². The van der Waals surface area contributed by atoms with Crippen LogP contribution in [-0.4, -0.2) is 53.4 Å². The van der Waals surface area contributed by atoms with Crippen molar-refractivity contribution >= 4 is 17.6 Å². The van der Waals surface area contributed by atoms with Gasteiger partial charge in [0, 0.05) is 19.5 Å². The molecule has 1 spiro atoms. The normalized spacial score (nSPS) is 24.0. The van der Waals surface area contributed by atoms with E-state index in [0.29, 0.717) is 23.8 Å². The summed E-state index contributed by atoms with van der Waals surface area (Å²) in [4.78, 5) is 44.8. The number of benzene rings is 3. The number of methoxy groups -OCH3 is 1. The van der Waals surface area contributed by atoms with Crippen molar-refractivity contribution in [2.45, 2.75) is 43.4 Å². The molecule has 0 N–H and O–H groups in total. The van der Waals surface area contributed by atoms with Gasteiger partial charge in [0.1, 0.15) is 11.8 Å².